The molecule has 5 nitrogen and oxygen atoms in total. The molecule has 0 radical (unpaired) electrons. The van der Waals surface area contributed by atoms with E-state index < -0.39 is 0 Å². The summed E-state index contributed by atoms with van der Waals surface area (Å²) in [6.45, 7) is 11.7. The smallest absolute Gasteiger partial charge is 0.407 e. The lowest BCUT2D eigenvalue weighted by Crippen LogP contribution is -2.53. The Hall–Kier alpha value is -2.79. The first-order valence-corrected chi connectivity index (χ1v) is 11.6. The first-order chi connectivity index (χ1) is 15.4. The maximum absolute atomic E-state index is 12.9. The standard InChI is InChI=1S/C27H32N2O3/c1-4-18-5-7-19(8-6-18)21-9-10-22-23(15-21)31-17-27(2,3)25(22)28-26(30)32-24-16-29-13-11-20(24)12-14-29/h4-10,15,20,24-25H,1,11-14,16-17H2,2-3H3,(H,28,30)/t24-,25?/m0/s1. The Labute approximate surface area is 190 Å². The van der Waals surface area contributed by atoms with Crippen molar-refractivity contribution in [2.75, 3.05) is 26.2 Å². The predicted octanol–water partition coefficient (Wildman–Crippen LogP) is 5.28. The number of amides is 1. The molecular formula is C27H32N2O3. The van der Waals surface area contributed by atoms with Gasteiger partial charge in [0.1, 0.15) is 11.9 Å². The number of hydrogen-bond donors (Lipinski definition) is 1. The van der Waals surface area contributed by atoms with Crippen LogP contribution in [0.1, 0.15) is 43.9 Å². The summed E-state index contributed by atoms with van der Waals surface area (Å²) in [5, 5.41) is 3.18. The predicted molar refractivity (Wildman–Crippen MR) is 127 cm³/mol. The van der Waals surface area contributed by atoms with E-state index >= 15 is 0 Å². The Morgan fingerprint density at radius 2 is 1.88 bits per heavy atom. The third-order valence-electron chi connectivity index (χ3n) is 7.30. The molecule has 2 aromatic rings. The van der Waals surface area contributed by atoms with Crippen LogP contribution in [0.2, 0.25) is 0 Å². The van der Waals surface area contributed by atoms with E-state index in [4.69, 9.17) is 9.47 Å². The van der Waals surface area contributed by atoms with Crippen molar-refractivity contribution in [3.63, 3.8) is 0 Å². The lowest BCUT2D eigenvalue weighted by atomic mass is 9.78. The zero-order valence-corrected chi connectivity index (χ0v) is 19.0. The SMILES string of the molecule is C=Cc1ccc(-c2ccc3c(c2)OCC(C)(C)C3NC(=O)O[C@H]2CN3CCC2CC3)cc1. The number of nitrogens with zero attached hydrogens (tertiary/aromatic N) is 1. The van der Waals surface area contributed by atoms with Crippen LogP contribution in [0.15, 0.2) is 49.0 Å². The molecule has 2 bridgehead atoms. The van der Waals surface area contributed by atoms with E-state index in [1.165, 1.54) is 0 Å². The summed E-state index contributed by atoms with van der Waals surface area (Å²) < 4.78 is 12.0. The topological polar surface area (TPSA) is 50.8 Å². The first-order valence-electron chi connectivity index (χ1n) is 11.6. The molecule has 3 fully saturated rings. The van der Waals surface area contributed by atoms with Gasteiger partial charge in [-0.15, -0.1) is 0 Å². The Balaban J connectivity index is 1.34. The van der Waals surface area contributed by atoms with Crippen molar-refractivity contribution in [3.8, 4) is 16.9 Å². The zero-order valence-electron chi connectivity index (χ0n) is 19.0. The highest BCUT2D eigenvalue weighted by Crippen LogP contribution is 2.44. The Bertz CT molecular complexity index is 1010. The average molecular weight is 433 g/mol. The van der Waals surface area contributed by atoms with E-state index in [2.05, 4.69) is 73.1 Å². The van der Waals surface area contributed by atoms with Crippen LogP contribution in [0.4, 0.5) is 4.79 Å². The van der Waals surface area contributed by atoms with Gasteiger partial charge in [-0.05, 0) is 54.6 Å². The summed E-state index contributed by atoms with van der Waals surface area (Å²) in [4.78, 5) is 15.3. The molecule has 0 aliphatic carbocycles. The number of fused-ring (bicyclic) bond motifs is 4. The minimum Gasteiger partial charge on any atom is -0.493 e. The third-order valence-corrected chi connectivity index (χ3v) is 7.30. The number of benzene rings is 2. The number of hydrogen-bond acceptors (Lipinski definition) is 4. The molecule has 4 heterocycles. The van der Waals surface area contributed by atoms with Crippen LogP contribution in [0.25, 0.3) is 17.2 Å². The highest BCUT2D eigenvalue weighted by molar-refractivity contribution is 5.71. The minimum atomic E-state index is -0.321. The number of nitrogens with one attached hydrogen (secondary N) is 1. The summed E-state index contributed by atoms with van der Waals surface area (Å²) in [6.07, 6.45) is 3.77. The van der Waals surface area contributed by atoms with Gasteiger partial charge in [-0.3, -0.25) is 4.90 Å². The number of carbonyl (C=O) groups is 1. The van der Waals surface area contributed by atoms with Crippen LogP contribution in [0, 0.1) is 11.3 Å². The first kappa shape index (κ1) is 21.1. The molecule has 32 heavy (non-hydrogen) atoms. The molecule has 168 valence electrons. The van der Waals surface area contributed by atoms with E-state index in [9.17, 15) is 4.79 Å². The second-order valence-corrected chi connectivity index (χ2v) is 10.0. The van der Waals surface area contributed by atoms with E-state index in [1.807, 2.05) is 6.08 Å². The zero-order chi connectivity index (χ0) is 22.3. The summed E-state index contributed by atoms with van der Waals surface area (Å²) >= 11 is 0. The molecule has 6 rings (SSSR count). The number of alkyl carbamates (subject to hydrolysis) is 1. The molecule has 2 aromatic carbocycles. The van der Waals surface area contributed by atoms with E-state index in [0.717, 1.165) is 60.5 Å². The van der Waals surface area contributed by atoms with Crippen LogP contribution in [-0.2, 0) is 4.74 Å². The lowest BCUT2D eigenvalue weighted by molar-refractivity contribution is -0.0361. The van der Waals surface area contributed by atoms with E-state index in [1.54, 1.807) is 0 Å². The van der Waals surface area contributed by atoms with Gasteiger partial charge in [0.2, 0.25) is 0 Å². The molecule has 0 saturated carbocycles. The van der Waals surface area contributed by atoms with Crippen molar-refractivity contribution in [1.82, 2.24) is 10.2 Å². The van der Waals surface area contributed by atoms with Gasteiger partial charge in [-0.2, -0.15) is 0 Å². The minimum absolute atomic E-state index is 0.000775. The van der Waals surface area contributed by atoms with Crippen molar-refractivity contribution in [2.24, 2.45) is 11.3 Å². The molecule has 4 aliphatic heterocycles. The maximum Gasteiger partial charge on any atom is 0.407 e. The van der Waals surface area contributed by atoms with Crippen LogP contribution >= 0.6 is 0 Å². The molecule has 2 atom stereocenters. The highest BCUT2D eigenvalue weighted by atomic mass is 16.6. The highest BCUT2D eigenvalue weighted by Gasteiger charge is 2.41. The Kier molecular flexibility index (Phi) is 5.46. The van der Waals surface area contributed by atoms with Crippen molar-refractivity contribution < 1.29 is 14.3 Å². The van der Waals surface area contributed by atoms with Gasteiger partial charge in [0.25, 0.3) is 0 Å². The molecule has 4 aliphatic rings. The number of carbonyl (C=O) groups excluding carboxylic acids is 1. The fourth-order valence-corrected chi connectivity index (χ4v) is 5.26. The number of piperidine rings is 3. The van der Waals surface area contributed by atoms with Gasteiger partial charge in [0.15, 0.2) is 0 Å². The summed E-state index contributed by atoms with van der Waals surface area (Å²) in [5.74, 6) is 1.32. The lowest BCUT2D eigenvalue weighted by Gasteiger charge is -2.44. The molecule has 0 spiro atoms. The fraction of sp³-hybridized carbons (Fsp3) is 0.444. The van der Waals surface area contributed by atoms with Crippen molar-refractivity contribution in [2.45, 2.75) is 38.8 Å². The van der Waals surface area contributed by atoms with Crippen LogP contribution in [-0.4, -0.2) is 43.3 Å². The average Bonchev–Trinajstić information content (AvgIpc) is 2.81. The van der Waals surface area contributed by atoms with Crippen LogP contribution < -0.4 is 10.1 Å². The van der Waals surface area contributed by atoms with Crippen molar-refractivity contribution in [1.29, 1.82) is 0 Å². The quantitative estimate of drug-likeness (QED) is 0.714. The summed E-state index contributed by atoms with van der Waals surface area (Å²) in [6, 6.07) is 14.4. The largest absolute Gasteiger partial charge is 0.493 e. The molecule has 1 N–H and O–H groups in total. The van der Waals surface area contributed by atoms with Crippen molar-refractivity contribution in [3.05, 3.63) is 60.2 Å². The Morgan fingerprint density at radius 1 is 1.16 bits per heavy atom. The Morgan fingerprint density at radius 3 is 2.53 bits per heavy atom. The molecular weight excluding hydrogens is 400 g/mol. The van der Waals surface area contributed by atoms with Crippen molar-refractivity contribution >= 4 is 12.2 Å². The van der Waals surface area contributed by atoms with Crippen LogP contribution in [0.5, 0.6) is 5.75 Å². The van der Waals surface area contributed by atoms with E-state index in [0.29, 0.717) is 12.5 Å². The number of ether oxygens (including phenoxy) is 2. The van der Waals surface area contributed by atoms with Gasteiger partial charge in [-0.25, -0.2) is 4.79 Å². The molecule has 0 aromatic heterocycles. The monoisotopic (exact) mass is 432 g/mol. The molecule has 5 heteroatoms. The fourth-order valence-electron chi connectivity index (χ4n) is 5.26. The van der Waals surface area contributed by atoms with E-state index in [-0.39, 0.29) is 23.7 Å². The summed E-state index contributed by atoms with van der Waals surface area (Å²) in [5.41, 5.74) is 4.06. The molecule has 3 saturated heterocycles. The normalized spacial score (nSPS) is 27.7. The maximum atomic E-state index is 12.9. The van der Waals surface area contributed by atoms with Gasteiger partial charge in [0, 0.05) is 17.5 Å². The molecule has 1 unspecified atom stereocenters. The number of rotatable bonds is 4. The van der Waals surface area contributed by atoms with Gasteiger partial charge in [-0.1, -0.05) is 62.9 Å². The second-order valence-electron chi connectivity index (χ2n) is 10.0. The third kappa shape index (κ3) is 4.02. The van der Waals surface area contributed by atoms with Gasteiger partial charge < -0.3 is 14.8 Å². The molecule has 1 amide bonds. The summed E-state index contributed by atoms with van der Waals surface area (Å²) in [7, 11) is 0. The second kappa shape index (κ2) is 8.28. The van der Waals surface area contributed by atoms with Crippen LogP contribution in [0.3, 0.4) is 0 Å². The van der Waals surface area contributed by atoms with Gasteiger partial charge in [0.05, 0.1) is 12.6 Å². The van der Waals surface area contributed by atoms with Gasteiger partial charge >= 0.3 is 6.09 Å².